The number of likely N-dealkylation sites (tertiary alicyclic amines) is 1. The van der Waals surface area contributed by atoms with Gasteiger partial charge in [0.05, 0.1) is 37.9 Å². The largest absolute Gasteiger partial charge is 0.481 e. The van der Waals surface area contributed by atoms with Gasteiger partial charge in [-0.1, -0.05) is 80.9 Å². The number of piperidine rings is 1. The second-order valence-electron chi connectivity index (χ2n) is 22.2. The molecule has 2 bridgehead atoms. The molecular formula is C45H75N5O4. The number of hydrogen-bond acceptors (Lipinski definition) is 7. The predicted molar refractivity (Wildman–Crippen MR) is 214 cm³/mol. The van der Waals surface area contributed by atoms with Crippen molar-refractivity contribution in [1.82, 2.24) is 19.7 Å². The van der Waals surface area contributed by atoms with Gasteiger partial charge in [-0.25, -0.2) is 9.67 Å². The zero-order valence-corrected chi connectivity index (χ0v) is 36.0. The first kappa shape index (κ1) is 40.4. The molecule has 6 aliphatic rings. The summed E-state index contributed by atoms with van der Waals surface area (Å²) in [6.45, 7) is 29.1. The van der Waals surface area contributed by atoms with Crippen molar-refractivity contribution in [3.8, 4) is 0 Å². The summed E-state index contributed by atoms with van der Waals surface area (Å²) in [5, 5.41) is 16.3. The van der Waals surface area contributed by atoms with Gasteiger partial charge in [-0.05, 0) is 129 Å². The first-order valence-electron chi connectivity index (χ1n) is 21.6. The normalized spacial score (nSPS) is 43.4. The van der Waals surface area contributed by atoms with Crippen molar-refractivity contribution in [2.24, 2.45) is 67.8 Å². The third-order valence-electron chi connectivity index (χ3n) is 18.3. The van der Waals surface area contributed by atoms with E-state index in [1.54, 1.807) is 6.33 Å². The fraction of sp³-hybridized carbons (Fsp3) is 0.889. The van der Waals surface area contributed by atoms with E-state index in [0.29, 0.717) is 36.9 Å². The number of rotatable bonds is 8. The lowest BCUT2D eigenvalue weighted by Gasteiger charge is -2.71. The Morgan fingerprint density at radius 2 is 1.72 bits per heavy atom. The van der Waals surface area contributed by atoms with Crippen LogP contribution in [0.4, 0.5) is 0 Å². The van der Waals surface area contributed by atoms with Crippen LogP contribution in [0.5, 0.6) is 0 Å². The van der Waals surface area contributed by atoms with Crippen LogP contribution in [0.3, 0.4) is 0 Å². The van der Waals surface area contributed by atoms with Crippen LogP contribution in [0.2, 0.25) is 0 Å². The van der Waals surface area contributed by atoms with Gasteiger partial charge in [-0.3, -0.25) is 4.79 Å². The quantitative estimate of drug-likeness (QED) is 0.255. The predicted octanol–water partition coefficient (Wildman–Crippen LogP) is 8.37. The minimum Gasteiger partial charge on any atom is -0.481 e. The molecule has 12 atom stereocenters. The summed E-state index contributed by atoms with van der Waals surface area (Å²) in [5.41, 5.74) is 6.64. The van der Waals surface area contributed by atoms with Crippen molar-refractivity contribution in [3.63, 3.8) is 0 Å². The van der Waals surface area contributed by atoms with Gasteiger partial charge in [0.2, 0.25) is 0 Å². The minimum absolute atomic E-state index is 0.0165. The van der Waals surface area contributed by atoms with E-state index in [4.69, 9.17) is 25.3 Å². The highest BCUT2D eigenvalue weighted by Gasteiger charge is 2.73. The Kier molecular flexibility index (Phi) is 10.0. The molecule has 54 heavy (non-hydrogen) atoms. The molecule has 9 nitrogen and oxygen atoms in total. The van der Waals surface area contributed by atoms with Crippen LogP contribution in [0.25, 0.3) is 0 Å². The lowest BCUT2D eigenvalue weighted by atomic mass is 9.34. The third kappa shape index (κ3) is 5.76. The van der Waals surface area contributed by atoms with Crippen molar-refractivity contribution < 1.29 is 19.4 Å². The molecule has 7 rings (SSSR count). The van der Waals surface area contributed by atoms with Crippen molar-refractivity contribution >= 4 is 5.97 Å². The average molecular weight is 750 g/mol. The number of nitrogens with zero attached hydrogens (tertiary/aromatic N) is 4. The van der Waals surface area contributed by atoms with Crippen LogP contribution in [-0.4, -0.2) is 82.3 Å². The molecule has 4 aliphatic carbocycles. The molecule has 0 unspecified atom stereocenters. The van der Waals surface area contributed by atoms with Crippen molar-refractivity contribution in [3.05, 3.63) is 23.8 Å². The van der Waals surface area contributed by atoms with Gasteiger partial charge in [0.25, 0.3) is 0 Å². The molecule has 0 radical (unpaired) electrons. The van der Waals surface area contributed by atoms with Crippen LogP contribution >= 0.6 is 0 Å². The van der Waals surface area contributed by atoms with Gasteiger partial charge in [0.1, 0.15) is 12.2 Å². The average Bonchev–Trinajstić information content (AvgIpc) is 3.57. The van der Waals surface area contributed by atoms with E-state index in [-0.39, 0.29) is 50.6 Å². The second-order valence-corrected chi connectivity index (χ2v) is 22.2. The summed E-state index contributed by atoms with van der Waals surface area (Å²) in [5.74, 6) is 1.78. The molecule has 304 valence electrons. The molecule has 0 aromatic carbocycles. The summed E-state index contributed by atoms with van der Waals surface area (Å²) in [6, 6.07) is -0.0165. The molecule has 1 aromatic heterocycles. The third-order valence-corrected chi connectivity index (χ3v) is 18.3. The maximum atomic E-state index is 13.7. The molecule has 3 saturated carbocycles. The zero-order chi connectivity index (χ0) is 39.4. The van der Waals surface area contributed by atoms with E-state index in [1.165, 1.54) is 5.57 Å². The topological polar surface area (TPSA) is 116 Å². The highest BCUT2D eigenvalue weighted by Crippen LogP contribution is 2.75. The maximum absolute atomic E-state index is 13.7. The highest BCUT2D eigenvalue weighted by atomic mass is 16.5. The summed E-state index contributed by atoms with van der Waals surface area (Å²) < 4.78 is 16.7. The zero-order valence-electron chi connectivity index (χ0n) is 36.0. The van der Waals surface area contributed by atoms with Crippen molar-refractivity contribution in [1.29, 1.82) is 0 Å². The monoisotopic (exact) mass is 750 g/mol. The fourth-order valence-electron chi connectivity index (χ4n) is 13.6. The number of aromatic nitrogens is 3. The van der Waals surface area contributed by atoms with E-state index < -0.39 is 17.4 Å². The first-order valence-corrected chi connectivity index (χ1v) is 21.6. The molecule has 3 N–H and O–H groups in total. The standard InChI is InChI=1S/C45H75N5O4/c1-28(2)29(3)41(8)19-20-42(9)31-13-14-34-40(7)23-33(50-37(47-27-48-50)30-16-21-49(12)22-17-30)36(54-25-44(11,46)39(4,5)6)45(34,26-53-24-40)32(31)15-18-43(42,10)35(41)38(51)52/h15,27-31,33-36H,13-14,16-26,46H2,1-12H3,(H,51,52)/t29-,31+,33-,34-,35-,36+,40-,41-,42-,43+,44+,45+/m1/s1. The molecule has 3 heterocycles. The number of hydrogen-bond donors (Lipinski definition) is 2. The van der Waals surface area contributed by atoms with E-state index in [9.17, 15) is 9.90 Å². The number of ether oxygens (including phenoxy) is 2. The van der Waals surface area contributed by atoms with Gasteiger partial charge in [-0.2, -0.15) is 5.10 Å². The molecule has 5 fully saturated rings. The Morgan fingerprint density at radius 3 is 2.35 bits per heavy atom. The summed E-state index contributed by atoms with van der Waals surface area (Å²) >= 11 is 0. The maximum Gasteiger partial charge on any atom is 0.307 e. The lowest BCUT2D eigenvalue weighted by molar-refractivity contribution is -0.255. The van der Waals surface area contributed by atoms with Gasteiger partial charge >= 0.3 is 5.97 Å². The van der Waals surface area contributed by atoms with Crippen LogP contribution in [0.1, 0.15) is 145 Å². The number of carboxylic acid groups (broad SMARTS) is 1. The number of aliphatic carboxylic acids is 1. The highest BCUT2D eigenvalue weighted by molar-refractivity contribution is 5.73. The fourth-order valence-corrected chi connectivity index (χ4v) is 13.6. The number of carbonyl (C=O) groups is 1. The van der Waals surface area contributed by atoms with Crippen LogP contribution in [0, 0.1) is 62.1 Å². The van der Waals surface area contributed by atoms with E-state index in [1.807, 2.05) is 0 Å². The van der Waals surface area contributed by atoms with Gasteiger partial charge < -0.3 is 25.2 Å². The van der Waals surface area contributed by atoms with E-state index in [0.717, 1.165) is 76.9 Å². The van der Waals surface area contributed by atoms with E-state index in [2.05, 4.69) is 98.9 Å². The summed E-state index contributed by atoms with van der Waals surface area (Å²) in [7, 11) is 2.21. The summed E-state index contributed by atoms with van der Waals surface area (Å²) in [4.78, 5) is 21.1. The lowest BCUT2D eigenvalue weighted by Crippen LogP contribution is -2.70. The smallest absolute Gasteiger partial charge is 0.307 e. The molecule has 2 saturated heterocycles. The Labute approximate surface area is 327 Å². The van der Waals surface area contributed by atoms with Crippen LogP contribution in [-0.2, 0) is 14.3 Å². The summed E-state index contributed by atoms with van der Waals surface area (Å²) in [6.07, 6.45) is 12.1. The molecule has 1 aromatic rings. The van der Waals surface area contributed by atoms with Crippen LogP contribution in [0.15, 0.2) is 18.0 Å². The molecule has 9 heteroatoms. The molecule has 0 spiro atoms. The van der Waals surface area contributed by atoms with Gasteiger partial charge in [0, 0.05) is 16.9 Å². The van der Waals surface area contributed by atoms with Gasteiger partial charge in [-0.15, -0.1) is 0 Å². The molecule has 2 aliphatic heterocycles. The minimum atomic E-state index is -0.619. The first-order chi connectivity index (χ1) is 25.1. The Bertz CT molecular complexity index is 1610. The molecular weight excluding hydrogens is 675 g/mol. The van der Waals surface area contributed by atoms with Crippen molar-refractivity contribution in [2.75, 3.05) is 40.0 Å². The Morgan fingerprint density at radius 1 is 1.04 bits per heavy atom. The molecule has 0 amide bonds. The Hall–Kier alpha value is -1.81. The van der Waals surface area contributed by atoms with Crippen molar-refractivity contribution in [2.45, 2.75) is 151 Å². The second kappa shape index (κ2) is 13.4. The number of nitrogens with two attached hydrogens (primary N) is 1. The SMILES string of the molecule is CC(C)[C@@H](C)[C@@]1(C)CC[C@]2(C)[C@H]3CC[C@@H]4[C@@]5(C)COC[C@@]4(C3=CC[C@@]2(C)[C@@H]1C(=O)O)[C@@H](OC[C@](C)(N)C(C)(C)C)[C@H](n1ncnc1C1CCN(C)CC1)C5. The van der Waals surface area contributed by atoms with Crippen LogP contribution < -0.4 is 5.73 Å². The number of allylic oxidation sites excluding steroid dienone is 1. The number of carboxylic acids is 1. The van der Waals surface area contributed by atoms with E-state index >= 15 is 0 Å². The Balaban J connectivity index is 1.38. The van der Waals surface area contributed by atoms with Gasteiger partial charge in [0.15, 0.2) is 0 Å². The number of fused-ring (bicyclic) bond motifs is 3.